The summed E-state index contributed by atoms with van der Waals surface area (Å²) in [6, 6.07) is 20.9. The van der Waals surface area contributed by atoms with Gasteiger partial charge in [0.1, 0.15) is 11.4 Å². The van der Waals surface area contributed by atoms with E-state index in [1.807, 2.05) is 20.8 Å². The zero-order valence-electron chi connectivity index (χ0n) is 68.0. The van der Waals surface area contributed by atoms with Crippen molar-refractivity contribution in [2.75, 3.05) is 25.6 Å². The molecule has 40 heteroatoms. The van der Waals surface area contributed by atoms with Crippen LogP contribution in [0.2, 0.25) is 0 Å². The molecule has 121 heavy (non-hydrogen) atoms. The fourth-order valence-electron chi connectivity index (χ4n) is 9.24. The van der Waals surface area contributed by atoms with E-state index in [9.17, 15) is 107 Å². The van der Waals surface area contributed by atoms with Crippen LogP contribution in [0, 0.1) is 46.5 Å². The molecule has 0 spiro atoms. The van der Waals surface area contributed by atoms with Gasteiger partial charge >= 0.3 is 70.6 Å². The van der Waals surface area contributed by atoms with E-state index in [0.29, 0.717) is 16.8 Å². The monoisotopic (exact) mass is 1730 g/mol. The number of nitrogen functional groups attached to an aromatic ring is 1. The molecule has 9 aromatic rings. The normalized spacial score (nSPS) is 10.2. The molecule has 0 aliphatic rings. The molecule has 4 aromatic carbocycles. The number of anilines is 1. The van der Waals surface area contributed by atoms with E-state index in [2.05, 4.69) is 19.5 Å². The van der Waals surface area contributed by atoms with Crippen LogP contribution in [-0.2, 0) is 97.5 Å². The Labute approximate surface area is 713 Å². The fourth-order valence-corrected chi connectivity index (χ4v) is 9.29. The average Bonchev–Trinajstić information content (AvgIpc) is 1.71. The maximum Gasteiger partial charge on any atom is 1.00 e. The van der Waals surface area contributed by atoms with Gasteiger partial charge < -0.3 is 74.6 Å². The molecular formula is C81H86ClF8N8NaO22. The smallest absolute Gasteiger partial charge is 0.870 e. The predicted molar refractivity (Wildman–Crippen MR) is 414 cm³/mol. The fraction of sp³-hybridized carbons (Fsp3) is 0.272. The zero-order chi connectivity index (χ0) is 91.0. The maximum atomic E-state index is 13.3. The number of esters is 3. The molecule has 9 N–H and O–H groups in total. The molecule has 1 amide bonds. The van der Waals surface area contributed by atoms with Gasteiger partial charge in [-0.05, 0) is 182 Å². The number of Topliss-reactive ketones (excluding diaryl/α,β-unsaturated/α-hetero) is 7. The van der Waals surface area contributed by atoms with E-state index in [4.69, 9.17) is 38.4 Å². The van der Waals surface area contributed by atoms with Crippen LogP contribution >= 0.6 is 11.6 Å². The minimum atomic E-state index is -1.62. The second-order valence-corrected chi connectivity index (χ2v) is 27.2. The Hall–Kier alpha value is -12.6. The summed E-state index contributed by atoms with van der Waals surface area (Å²) in [6.45, 7) is 16.2. The van der Waals surface area contributed by atoms with E-state index in [-0.39, 0.29) is 142 Å². The van der Waals surface area contributed by atoms with Crippen molar-refractivity contribution in [3.8, 4) is 0 Å². The number of amides is 1. The Bertz CT molecular complexity index is 5240. The third-order valence-corrected chi connectivity index (χ3v) is 14.7. The van der Waals surface area contributed by atoms with Gasteiger partial charge in [-0.25, -0.2) is 63.9 Å². The number of aromatic nitrogens is 5. The van der Waals surface area contributed by atoms with Gasteiger partial charge in [0.05, 0.1) is 36.9 Å². The molecule has 0 saturated heterocycles. The number of rotatable bonds is 23. The maximum absolute atomic E-state index is 13.3. The molecule has 0 bridgehead atoms. The van der Waals surface area contributed by atoms with Gasteiger partial charge in [-0.15, -0.1) is 0 Å². The number of halogens is 9. The van der Waals surface area contributed by atoms with Gasteiger partial charge in [0, 0.05) is 125 Å². The number of nitrogens with one attached hydrogen (secondary N) is 1. The molecule has 0 atom stereocenters. The van der Waals surface area contributed by atoms with Crippen LogP contribution in [0.15, 0.2) is 140 Å². The number of carbonyl (C=O) groups excluding carboxylic acids is 12. The van der Waals surface area contributed by atoms with Crippen molar-refractivity contribution in [2.45, 2.75) is 92.7 Å². The van der Waals surface area contributed by atoms with Crippen LogP contribution < -0.4 is 46.3 Å². The number of hydrogen-bond acceptors (Lipinski definition) is 21. The molecule has 9 rings (SSSR count). The molecule has 5 aromatic heterocycles. The van der Waals surface area contributed by atoms with Gasteiger partial charge in [0.25, 0.3) is 29.0 Å². The van der Waals surface area contributed by atoms with Gasteiger partial charge in [0.2, 0.25) is 0 Å². The second-order valence-electron chi connectivity index (χ2n) is 26.9. The molecule has 646 valence electrons. The van der Waals surface area contributed by atoms with Crippen molar-refractivity contribution in [1.82, 2.24) is 28.2 Å². The Balaban J connectivity index is 0.00000142. The third-order valence-electron chi connectivity index (χ3n) is 14.5. The Morgan fingerprint density at radius 1 is 0.405 bits per heavy atom. The minimum Gasteiger partial charge on any atom is -0.870 e. The summed E-state index contributed by atoms with van der Waals surface area (Å²) in [5.74, 6) is -20.1. The molecular weight excluding hydrogens is 1650 g/mol. The molecule has 0 saturated carbocycles. The first kappa shape index (κ1) is 108. The van der Waals surface area contributed by atoms with Gasteiger partial charge in [-0.3, -0.25) is 43.2 Å². The Morgan fingerprint density at radius 3 is 0.934 bits per heavy atom. The van der Waals surface area contributed by atoms with Gasteiger partial charge in [-0.2, -0.15) is 0 Å². The number of benzene rings is 4. The first-order chi connectivity index (χ1) is 55.2. The number of carboxylic acids is 3. The molecule has 5 heterocycles. The number of aromatic carboxylic acids is 2. The van der Waals surface area contributed by atoms with Crippen LogP contribution in [0.4, 0.5) is 40.8 Å². The summed E-state index contributed by atoms with van der Waals surface area (Å²) >= 11 is 4.69. The van der Waals surface area contributed by atoms with Crippen molar-refractivity contribution in [2.24, 2.45) is 41.0 Å². The number of ether oxygens (including phenoxy) is 3. The van der Waals surface area contributed by atoms with Crippen molar-refractivity contribution in [1.29, 1.82) is 0 Å². The van der Waals surface area contributed by atoms with Crippen LogP contribution in [-0.4, -0.2) is 162 Å². The number of ketones is 7. The number of carboxylic acid groups (broad SMARTS) is 3. The number of aliphatic carboxylic acids is 1. The van der Waals surface area contributed by atoms with Gasteiger partial charge in [0.15, 0.2) is 63.9 Å². The minimum absolute atomic E-state index is 0. The number of nitrogens with zero attached hydrogens (tertiary/aromatic N) is 5. The van der Waals surface area contributed by atoms with E-state index in [0.717, 1.165) is 54.6 Å². The van der Waals surface area contributed by atoms with Gasteiger partial charge in [-0.1, -0.05) is 18.2 Å². The van der Waals surface area contributed by atoms with Crippen LogP contribution in [0.1, 0.15) is 173 Å². The number of hydrogen-bond donors (Lipinski definition) is 6. The summed E-state index contributed by atoms with van der Waals surface area (Å²) in [5, 5.41) is 27.3. The van der Waals surface area contributed by atoms with Crippen molar-refractivity contribution >= 4 is 105 Å². The van der Waals surface area contributed by atoms with E-state index in [1.54, 1.807) is 85.6 Å². The first-order valence-electron chi connectivity index (χ1n) is 34.7. The Kier molecular flexibility index (Phi) is 45.1. The van der Waals surface area contributed by atoms with Crippen molar-refractivity contribution in [3.63, 3.8) is 0 Å². The molecule has 0 aliphatic carbocycles. The second kappa shape index (κ2) is 50.3. The summed E-state index contributed by atoms with van der Waals surface area (Å²) in [4.78, 5) is 170. The Morgan fingerprint density at radius 2 is 0.694 bits per heavy atom. The summed E-state index contributed by atoms with van der Waals surface area (Å²) in [5.41, 5.74) is 11.8. The van der Waals surface area contributed by atoms with Crippen molar-refractivity contribution < 1.29 is 172 Å². The van der Waals surface area contributed by atoms with E-state index in [1.165, 1.54) is 99.6 Å². The molecule has 0 radical (unpaired) electrons. The predicted octanol–water partition coefficient (Wildman–Crippen LogP) is 7.92. The van der Waals surface area contributed by atoms with E-state index < -0.39 is 134 Å². The number of aryl methyl sites for hydroxylation is 5. The molecule has 30 nitrogen and oxygen atoms in total. The number of nitrogens with two attached hydrogens (primary N) is 2. The summed E-state index contributed by atoms with van der Waals surface area (Å²) in [6.07, 6.45) is 6.43. The van der Waals surface area contributed by atoms with Crippen molar-refractivity contribution in [3.05, 3.63) is 254 Å². The summed E-state index contributed by atoms with van der Waals surface area (Å²) < 4.78 is 123. The van der Waals surface area contributed by atoms with E-state index >= 15 is 0 Å². The van der Waals surface area contributed by atoms with Crippen LogP contribution in [0.5, 0.6) is 0 Å². The standard InChI is InChI=1S/C19H20F2N2O3.C17H15F2NO4.C15H11F2NO4.C10H11NO5.C6H5F2N.C6H7NO2.C4H5ClO3.C4H11N.Na.H2O/c1-19(2,3)22-18(26)17(25)12-9-15(23(4)10-12)16(24)8-11-5-6-13(20)14(21)7-11;1-3-24-17(23)16(22)11-8-14(20(2)9-11)15(21)7-10-4-5-12(18)13(19)6-10;1-18-7-9(14(20)15(21)22)6-12(18)13(19)5-8-2-3-10(16)11(17)4-8;1-3-16-10(15)8(12)6-4-7(9(13)14)11(2)5-6;7-5-2-1-4(9)3-6(5)8;1-7-4-2-3-5(7)6(8)9;1-2-8-4(7)3(5)6;1-4(2,3)5;;/h5-7,9-10H,8H2,1-4H3,(H,22,26);4-6,8-9H,3,7H2,1-2H3;2-4,6-7H,5H2,1H3,(H,21,22);4-5H,3H2,1-2H3,(H,13,14);1-3H,9H2;2-4H,1H3,(H,8,9);2H2,1H3;5H2,1-3H3;;1H2/q;;;;;;;;+1;/p-1. The zero-order valence-corrected chi connectivity index (χ0v) is 70.7. The third kappa shape index (κ3) is 37.1. The SMILES string of the molecule is CC(C)(C)N.CCOC(=O)C(=O)Cl.CCOC(=O)C(=O)c1cc(C(=O)Cc2ccc(F)c(F)c2)n(C)c1.CCOC(=O)C(=O)c1cc(C(=O)O)n(C)c1.Cn1cc(C(=O)C(=O)NC(C)(C)C)cc1C(=O)Cc1ccc(F)c(F)c1.Cn1cc(C(=O)C(=O)O)cc1C(=O)Cc1ccc(F)c(F)c1.Cn1cccc1C(=O)O.Nc1ccc(F)c(F)c1.[Na+].[OH-]. The molecule has 0 fully saturated rings. The average molecular weight is 1730 g/mol. The molecule has 0 aliphatic heterocycles. The van der Waals surface area contributed by atoms with Crippen LogP contribution in [0.25, 0.3) is 0 Å². The molecule has 0 unspecified atom stereocenters. The summed E-state index contributed by atoms with van der Waals surface area (Å²) in [7, 11) is 7.77. The number of carbonyl (C=O) groups is 15. The quantitative estimate of drug-likeness (QED) is 0.00517. The largest absolute Gasteiger partial charge is 1.00 e. The van der Waals surface area contributed by atoms with Crippen LogP contribution in [0.3, 0.4) is 0 Å². The topological polar surface area (TPSA) is 463 Å². The first-order valence-corrected chi connectivity index (χ1v) is 35.1.